The van der Waals surface area contributed by atoms with E-state index in [1.807, 2.05) is 26.2 Å². The number of quaternary nitrogens is 1. The Bertz CT molecular complexity index is 636. The molecule has 1 heterocycles. The summed E-state index contributed by atoms with van der Waals surface area (Å²) in [5.74, 6) is 0.805. The highest BCUT2D eigenvalue weighted by atomic mass is 35.5. The highest BCUT2D eigenvalue weighted by Crippen LogP contribution is 2.16. The van der Waals surface area contributed by atoms with Crippen molar-refractivity contribution in [3.63, 3.8) is 0 Å². The number of benzene rings is 1. The third kappa shape index (κ3) is 2.13. The van der Waals surface area contributed by atoms with E-state index in [1.165, 1.54) is 0 Å². The monoisotopic (exact) mass is 266 g/mol. The summed E-state index contributed by atoms with van der Waals surface area (Å²) in [5, 5.41) is 3.18. The molecule has 0 amide bonds. The van der Waals surface area contributed by atoms with Crippen molar-refractivity contribution in [1.29, 1.82) is 0 Å². The number of rotatable bonds is 3. The predicted molar refractivity (Wildman–Crippen MR) is 73.0 cm³/mol. The van der Waals surface area contributed by atoms with Crippen molar-refractivity contribution < 1.29 is 5.32 Å². The van der Waals surface area contributed by atoms with E-state index < -0.39 is 0 Å². The van der Waals surface area contributed by atoms with Gasteiger partial charge in [-0.1, -0.05) is 11.6 Å². The molecule has 5 heteroatoms. The zero-order valence-corrected chi connectivity index (χ0v) is 11.5. The van der Waals surface area contributed by atoms with Gasteiger partial charge in [-0.3, -0.25) is 9.36 Å². The lowest BCUT2D eigenvalue weighted by molar-refractivity contribution is -0.668. The second kappa shape index (κ2) is 5.08. The maximum atomic E-state index is 12.4. The Morgan fingerprint density at radius 1 is 1.50 bits per heavy atom. The molecule has 4 nitrogen and oxygen atoms in total. The van der Waals surface area contributed by atoms with Crippen LogP contribution in [0.25, 0.3) is 10.9 Å². The Morgan fingerprint density at radius 2 is 2.22 bits per heavy atom. The van der Waals surface area contributed by atoms with E-state index >= 15 is 0 Å². The maximum absolute atomic E-state index is 12.4. The van der Waals surface area contributed by atoms with Crippen LogP contribution < -0.4 is 10.9 Å². The van der Waals surface area contributed by atoms with Crippen molar-refractivity contribution in [2.75, 3.05) is 7.05 Å². The summed E-state index contributed by atoms with van der Waals surface area (Å²) in [6.45, 7) is 4.60. The van der Waals surface area contributed by atoms with Crippen LogP contribution in [-0.2, 0) is 6.54 Å². The summed E-state index contributed by atoms with van der Waals surface area (Å²) in [4.78, 5) is 17.0. The first-order chi connectivity index (χ1) is 8.58. The second-order valence-electron chi connectivity index (χ2n) is 4.30. The summed E-state index contributed by atoms with van der Waals surface area (Å²) in [6.07, 6.45) is 0. The zero-order chi connectivity index (χ0) is 13.3. The molecular formula is C13H17ClN3O+. The molecule has 96 valence electrons. The summed E-state index contributed by atoms with van der Waals surface area (Å²) >= 11 is 5.93. The molecule has 0 aliphatic rings. The van der Waals surface area contributed by atoms with Gasteiger partial charge in [0.05, 0.1) is 18.0 Å². The fourth-order valence-electron chi connectivity index (χ4n) is 2.01. The molecule has 0 unspecified atom stereocenters. The Hall–Kier alpha value is -1.39. The smallest absolute Gasteiger partial charge is 0.261 e. The van der Waals surface area contributed by atoms with Crippen molar-refractivity contribution in [2.45, 2.75) is 26.4 Å². The van der Waals surface area contributed by atoms with Crippen molar-refractivity contribution in [2.24, 2.45) is 0 Å². The van der Waals surface area contributed by atoms with Crippen LogP contribution in [-0.4, -0.2) is 16.6 Å². The van der Waals surface area contributed by atoms with Gasteiger partial charge < -0.3 is 5.32 Å². The molecule has 0 fully saturated rings. The Balaban J connectivity index is 2.81. The van der Waals surface area contributed by atoms with Crippen LogP contribution in [0.3, 0.4) is 0 Å². The Kier molecular flexibility index (Phi) is 3.68. The number of nitrogens with zero attached hydrogens (tertiary/aromatic N) is 2. The lowest BCUT2D eigenvalue weighted by Crippen LogP contribution is -2.80. The molecule has 0 radical (unpaired) electrons. The molecule has 2 rings (SSSR count). The fraction of sp³-hybridized carbons (Fsp3) is 0.385. The van der Waals surface area contributed by atoms with E-state index in [1.54, 1.807) is 22.8 Å². The van der Waals surface area contributed by atoms with Crippen LogP contribution in [0.5, 0.6) is 0 Å². The van der Waals surface area contributed by atoms with Gasteiger partial charge in [-0.05, 0) is 32.0 Å². The van der Waals surface area contributed by atoms with Gasteiger partial charge >= 0.3 is 0 Å². The fourth-order valence-corrected chi connectivity index (χ4v) is 2.18. The minimum atomic E-state index is -0.0197. The van der Waals surface area contributed by atoms with Gasteiger partial charge in [-0.25, -0.2) is 4.98 Å². The molecule has 0 saturated carbocycles. The standard InChI is InChI=1S/C13H16ClN3O/c1-4-17-12(8(2)15-3)16-11-6-5-9(14)7-10(11)13(17)18/h5-8,15H,4H2,1-3H3/p+1/t8-/m0/s1. The molecule has 18 heavy (non-hydrogen) atoms. The maximum Gasteiger partial charge on any atom is 0.261 e. The average Bonchev–Trinajstić information content (AvgIpc) is 2.38. The lowest BCUT2D eigenvalue weighted by Gasteiger charge is -2.14. The Labute approximate surface area is 111 Å². The van der Waals surface area contributed by atoms with Crippen LogP contribution >= 0.6 is 11.6 Å². The molecule has 2 N–H and O–H groups in total. The highest BCUT2D eigenvalue weighted by molar-refractivity contribution is 6.31. The molecule has 1 aromatic heterocycles. The molecule has 2 aromatic rings. The summed E-state index contributed by atoms with van der Waals surface area (Å²) < 4.78 is 1.71. The van der Waals surface area contributed by atoms with Gasteiger partial charge in [0.1, 0.15) is 6.04 Å². The van der Waals surface area contributed by atoms with Crippen LogP contribution in [0, 0.1) is 0 Å². The quantitative estimate of drug-likeness (QED) is 0.911. The molecule has 0 aliphatic carbocycles. The van der Waals surface area contributed by atoms with E-state index in [0.717, 1.165) is 5.82 Å². The number of hydrogen-bond donors (Lipinski definition) is 1. The summed E-state index contributed by atoms with van der Waals surface area (Å²) in [7, 11) is 1.98. The minimum Gasteiger partial charge on any atom is -0.340 e. The average molecular weight is 267 g/mol. The lowest BCUT2D eigenvalue weighted by atomic mass is 10.2. The van der Waals surface area contributed by atoms with E-state index in [-0.39, 0.29) is 11.6 Å². The first kappa shape index (κ1) is 13.1. The van der Waals surface area contributed by atoms with Gasteiger partial charge in [0.25, 0.3) is 5.56 Å². The third-order valence-electron chi connectivity index (χ3n) is 3.17. The topological polar surface area (TPSA) is 51.5 Å². The molecule has 1 atom stereocenters. The van der Waals surface area contributed by atoms with Gasteiger partial charge in [-0.15, -0.1) is 0 Å². The highest BCUT2D eigenvalue weighted by Gasteiger charge is 2.16. The first-order valence-corrected chi connectivity index (χ1v) is 6.45. The van der Waals surface area contributed by atoms with E-state index in [2.05, 4.69) is 4.98 Å². The molecule has 1 aromatic carbocycles. The second-order valence-corrected chi connectivity index (χ2v) is 4.74. The first-order valence-electron chi connectivity index (χ1n) is 6.08. The summed E-state index contributed by atoms with van der Waals surface area (Å²) in [5.41, 5.74) is 0.687. The number of halogens is 1. The van der Waals surface area contributed by atoms with Crippen LogP contribution in [0.15, 0.2) is 23.0 Å². The van der Waals surface area contributed by atoms with Crippen molar-refractivity contribution >= 4 is 22.5 Å². The van der Waals surface area contributed by atoms with Gasteiger partial charge in [-0.2, -0.15) is 0 Å². The summed E-state index contributed by atoms with van der Waals surface area (Å²) in [6, 6.07) is 5.39. The molecular weight excluding hydrogens is 250 g/mol. The molecule has 0 aliphatic heterocycles. The van der Waals surface area contributed by atoms with E-state index in [0.29, 0.717) is 22.5 Å². The number of hydrogen-bond acceptors (Lipinski definition) is 2. The van der Waals surface area contributed by atoms with Crippen molar-refractivity contribution in [3.8, 4) is 0 Å². The number of fused-ring (bicyclic) bond motifs is 1. The zero-order valence-electron chi connectivity index (χ0n) is 10.8. The number of aromatic nitrogens is 2. The van der Waals surface area contributed by atoms with Gasteiger partial charge in [0, 0.05) is 11.6 Å². The normalized spacial score (nSPS) is 12.9. The SMILES string of the molecule is CCn1c([C@H](C)[NH2+]C)nc2ccc(Cl)cc2c1=O. The molecule has 0 spiro atoms. The van der Waals surface area contributed by atoms with E-state index in [9.17, 15) is 4.79 Å². The van der Waals surface area contributed by atoms with Gasteiger partial charge in [0.15, 0.2) is 5.82 Å². The molecule has 0 bridgehead atoms. The predicted octanol–water partition coefficient (Wildman–Crippen LogP) is 1.32. The largest absolute Gasteiger partial charge is 0.340 e. The van der Waals surface area contributed by atoms with Crippen LogP contribution in [0.2, 0.25) is 5.02 Å². The van der Waals surface area contributed by atoms with Crippen molar-refractivity contribution in [1.82, 2.24) is 9.55 Å². The van der Waals surface area contributed by atoms with Crippen LogP contribution in [0.4, 0.5) is 0 Å². The minimum absolute atomic E-state index is 0.0197. The third-order valence-corrected chi connectivity index (χ3v) is 3.40. The van der Waals surface area contributed by atoms with Crippen LogP contribution in [0.1, 0.15) is 25.7 Å². The Morgan fingerprint density at radius 3 is 2.83 bits per heavy atom. The molecule has 0 saturated heterocycles. The van der Waals surface area contributed by atoms with E-state index in [4.69, 9.17) is 11.6 Å². The number of nitrogens with two attached hydrogens (primary N) is 1. The van der Waals surface area contributed by atoms with Crippen molar-refractivity contribution in [3.05, 3.63) is 39.4 Å². The van der Waals surface area contributed by atoms with Gasteiger partial charge in [0.2, 0.25) is 0 Å².